The number of aromatic amines is 1. The molecule has 136 valence electrons. The van der Waals surface area contributed by atoms with E-state index in [9.17, 15) is 5.11 Å². The van der Waals surface area contributed by atoms with E-state index in [1.807, 2.05) is 24.3 Å². The molecule has 0 spiro atoms. The lowest BCUT2D eigenvalue weighted by atomic mass is 9.96. The average molecular weight is 365 g/mol. The number of aliphatic hydroxyl groups excluding tert-OH is 1. The Balaban J connectivity index is 1.42. The summed E-state index contributed by atoms with van der Waals surface area (Å²) in [6.07, 6.45) is 2.93. The third-order valence-corrected chi connectivity index (χ3v) is 4.95. The maximum atomic E-state index is 9.64. The van der Waals surface area contributed by atoms with Crippen molar-refractivity contribution in [1.29, 1.82) is 0 Å². The zero-order valence-corrected chi connectivity index (χ0v) is 14.9. The maximum Gasteiger partial charge on any atom is 0.246 e. The van der Waals surface area contributed by atoms with Gasteiger partial charge in [0.05, 0.1) is 6.61 Å². The lowest BCUT2D eigenvalue weighted by Gasteiger charge is -2.32. The highest BCUT2D eigenvalue weighted by molar-refractivity contribution is 6.30. The van der Waals surface area contributed by atoms with E-state index in [1.54, 1.807) is 0 Å². The number of hydrogen-bond acceptors (Lipinski definition) is 6. The Morgan fingerprint density at radius 3 is 2.64 bits per heavy atom. The van der Waals surface area contributed by atoms with E-state index in [2.05, 4.69) is 25.4 Å². The number of H-pyrrole nitrogens is 1. The number of piperidine rings is 1. The molecule has 3 rings (SSSR count). The van der Waals surface area contributed by atoms with Gasteiger partial charge in [0.2, 0.25) is 11.9 Å². The van der Waals surface area contributed by atoms with E-state index in [1.165, 1.54) is 5.56 Å². The van der Waals surface area contributed by atoms with Crippen molar-refractivity contribution in [1.82, 2.24) is 20.5 Å². The van der Waals surface area contributed by atoms with Gasteiger partial charge in [-0.25, -0.2) is 5.10 Å². The first-order valence-corrected chi connectivity index (χ1v) is 9.03. The molecule has 1 aromatic heterocycles. The Labute approximate surface area is 152 Å². The molecule has 0 radical (unpaired) electrons. The van der Waals surface area contributed by atoms with Crippen LogP contribution in [0, 0.1) is 5.92 Å². The molecule has 2 heterocycles. The fourth-order valence-corrected chi connectivity index (χ4v) is 3.31. The van der Waals surface area contributed by atoms with Gasteiger partial charge < -0.3 is 21.1 Å². The van der Waals surface area contributed by atoms with Gasteiger partial charge in [0, 0.05) is 24.2 Å². The summed E-state index contributed by atoms with van der Waals surface area (Å²) < 4.78 is 0. The van der Waals surface area contributed by atoms with Gasteiger partial charge >= 0.3 is 0 Å². The minimum absolute atomic E-state index is 0.0620. The molecular weight excluding hydrogens is 340 g/mol. The minimum Gasteiger partial charge on any atom is -0.395 e. The normalized spacial score (nSPS) is 17.0. The average Bonchev–Trinajstić information content (AvgIpc) is 3.07. The highest BCUT2D eigenvalue weighted by atomic mass is 35.5. The standard InChI is InChI=1S/C17H25ClN6O/c18-14-3-1-12(2-4-14)9-15(11-25)20-10-13-5-7-24(8-6-13)17-21-16(19)22-23-17/h1-4,13,15,20,25H,5-11H2,(H3,19,21,22,23)/t15-/m0/s1. The van der Waals surface area contributed by atoms with Gasteiger partial charge in [0.25, 0.3) is 0 Å². The number of nitrogens with zero attached hydrogens (tertiary/aromatic N) is 3. The fourth-order valence-electron chi connectivity index (χ4n) is 3.18. The molecular formula is C17H25ClN6O. The zero-order valence-electron chi connectivity index (χ0n) is 14.2. The van der Waals surface area contributed by atoms with Gasteiger partial charge in [-0.3, -0.25) is 0 Å². The molecule has 1 atom stereocenters. The van der Waals surface area contributed by atoms with Crippen LogP contribution in [0.4, 0.5) is 11.9 Å². The van der Waals surface area contributed by atoms with Crippen LogP contribution in [0.5, 0.6) is 0 Å². The third-order valence-electron chi connectivity index (χ3n) is 4.70. The van der Waals surface area contributed by atoms with Crippen LogP contribution in [-0.4, -0.2) is 52.6 Å². The summed E-state index contributed by atoms with van der Waals surface area (Å²) in [6, 6.07) is 7.85. The first-order chi connectivity index (χ1) is 12.1. The number of halogens is 1. The number of nitrogens with one attached hydrogen (secondary N) is 2. The largest absolute Gasteiger partial charge is 0.395 e. The quantitative estimate of drug-likeness (QED) is 0.593. The number of nitrogen functional groups attached to an aromatic ring is 1. The van der Waals surface area contributed by atoms with E-state index in [-0.39, 0.29) is 12.6 Å². The lowest BCUT2D eigenvalue weighted by molar-refractivity contribution is 0.231. The summed E-state index contributed by atoms with van der Waals surface area (Å²) in [6.45, 7) is 2.87. The molecule has 0 bridgehead atoms. The van der Waals surface area contributed by atoms with Crippen molar-refractivity contribution in [2.75, 3.05) is 36.9 Å². The SMILES string of the molecule is Nc1nc(N2CCC(CN[C@H](CO)Cc3ccc(Cl)cc3)CC2)n[nH]1. The van der Waals surface area contributed by atoms with Crippen LogP contribution in [0.3, 0.4) is 0 Å². The summed E-state index contributed by atoms with van der Waals surface area (Å²) in [5, 5.41) is 20.7. The summed E-state index contributed by atoms with van der Waals surface area (Å²) in [5.74, 6) is 1.62. The monoisotopic (exact) mass is 364 g/mol. The van der Waals surface area contributed by atoms with Crippen LogP contribution < -0.4 is 16.0 Å². The molecule has 0 aliphatic carbocycles. The molecule has 2 aromatic rings. The topological polar surface area (TPSA) is 103 Å². The number of hydrogen-bond donors (Lipinski definition) is 4. The van der Waals surface area contributed by atoms with Crippen molar-refractivity contribution < 1.29 is 5.11 Å². The number of aliphatic hydroxyl groups is 1. The number of nitrogens with two attached hydrogens (primary N) is 1. The van der Waals surface area contributed by atoms with Gasteiger partial charge in [-0.05, 0) is 49.4 Å². The second kappa shape index (κ2) is 8.51. The van der Waals surface area contributed by atoms with Crippen LogP contribution in [0.1, 0.15) is 18.4 Å². The van der Waals surface area contributed by atoms with Crippen molar-refractivity contribution >= 4 is 23.5 Å². The second-order valence-electron chi connectivity index (χ2n) is 6.57. The van der Waals surface area contributed by atoms with Crippen LogP contribution in [0.25, 0.3) is 0 Å². The van der Waals surface area contributed by atoms with Crippen molar-refractivity contribution in [3.63, 3.8) is 0 Å². The highest BCUT2D eigenvalue weighted by Crippen LogP contribution is 2.20. The van der Waals surface area contributed by atoms with Gasteiger partial charge in [-0.1, -0.05) is 23.7 Å². The van der Waals surface area contributed by atoms with Crippen molar-refractivity contribution in [2.24, 2.45) is 5.92 Å². The maximum absolute atomic E-state index is 9.64. The second-order valence-corrected chi connectivity index (χ2v) is 7.01. The third kappa shape index (κ3) is 5.07. The molecule has 0 amide bonds. The summed E-state index contributed by atoms with van der Waals surface area (Å²) >= 11 is 5.92. The molecule has 5 N–H and O–H groups in total. The van der Waals surface area contributed by atoms with Gasteiger partial charge in [0.15, 0.2) is 0 Å². The summed E-state index contributed by atoms with van der Waals surface area (Å²) in [4.78, 5) is 6.33. The molecule has 0 saturated carbocycles. The molecule has 7 nitrogen and oxygen atoms in total. The molecule has 1 aliphatic rings. The number of benzene rings is 1. The molecule has 1 aliphatic heterocycles. The molecule has 25 heavy (non-hydrogen) atoms. The first kappa shape index (κ1) is 18.0. The van der Waals surface area contributed by atoms with E-state index in [4.69, 9.17) is 17.3 Å². The number of rotatable bonds is 7. The van der Waals surface area contributed by atoms with Gasteiger partial charge in [-0.15, -0.1) is 5.10 Å². The number of aromatic nitrogens is 3. The smallest absolute Gasteiger partial charge is 0.246 e. The minimum atomic E-state index is 0.0620. The lowest BCUT2D eigenvalue weighted by Crippen LogP contribution is -2.42. The van der Waals surface area contributed by atoms with E-state index in [0.29, 0.717) is 17.8 Å². The predicted molar refractivity (Wildman–Crippen MR) is 99.8 cm³/mol. The summed E-state index contributed by atoms with van der Waals surface area (Å²) in [5.41, 5.74) is 6.76. The van der Waals surface area contributed by atoms with Crippen LogP contribution in [-0.2, 0) is 6.42 Å². The Hall–Kier alpha value is -1.83. The fraction of sp³-hybridized carbons (Fsp3) is 0.529. The first-order valence-electron chi connectivity index (χ1n) is 8.65. The van der Waals surface area contributed by atoms with E-state index in [0.717, 1.165) is 43.9 Å². The molecule has 0 unspecified atom stereocenters. The Bertz CT molecular complexity index is 653. The summed E-state index contributed by atoms with van der Waals surface area (Å²) in [7, 11) is 0. The Morgan fingerprint density at radius 1 is 1.32 bits per heavy atom. The molecule has 1 aromatic carbocycles. The van der Waals surface area contributed by atoms with Crippen molar-refractivity contribution in [3.8, 4) is 0 Å². The molecule has 1 saturated heterocycles. The van der Waals surface area contributed by atoms with Crippen molar-refractivity contribution in [3.05, 3.63) is 34.9 Å². The van der Waals surface area contributed by atoms with Crippen LogP contribution in [0.15, 0.2) is 24.3 Å². The van der Waals surface area contributed by atoms with Gasteiger partial charge in [-0.2, -0.15) is 4.98 Å². The zero-order chi connectivity index (χ0) is 17.6. The van der Waals surface area contributed by atoms with Crippen molar-refractivity contribution in [2.45, 2.75) is 25.3 Å². The Kier molecular flexibility index (Phi) is 6.12. The number of anilines is 2. The molecule has 8 heteroatoms. The van der Waals surface area contributed by atoms with Crippen LogP contribution in [0.2, 0.25) is 5.02 Å². The van der Waals surface area contributed by atoms with E-state index >= 15 is 0 Å². The predicted octanol–water partition coefficient (Wildman–Crippen LogP) is 1.45. The van der Waals surface area contributed by atoms with Gasteiger partial charge in [0.1, 0.15) is 0 Å². The molecule has 1 fully saturated rings. The highest BCUT2D eigenvalue weighted by Gasteiger charge is 2.22. The van der Waals surface area contributed by atoms with Crippen LogP contribution >= 0.6 is 11.6 Å². The Morgan fingerprint density at radius 2 is 2.04 bits per heavy atom. The van der Waals surface area contributed by atoms with E-state index < -0.39 is 0 Å².